The summed E-state index contributed by atoms with van der Waals surface area (Å²) >= 11 is 5.77. The van der Waals surface area contributed by atoms with Gasteiger partial charge in [-0.05, 0) is 24.3 Å². The number of nitrogens with zero attached hydrogens (tertiary/aromatic N) is 1. The van der Waals surface area contributed by atoms with Gasteiger partial charge in [0.25, 0.3) is 5.91 Å². The fraction of sp³-hybridized carbons (Fsp3) is 0.0714. The molecule has 1 aromatic heterocycles. The molecule has 0 aliphatic carbocycles. The Hall–Kier alpha value is -2.60. The van der Waals surface area contributed by atoms with Crippen LogP contribution in [0.3, 0.4) is 0 Å². The molecule has 0 saturated carbocycles. The van der Waals surface area contributed by atoms with E-state index in [0.29, 0.717) is 10.7 Å². The minimum absolute atomic E-state index is 0.131. The van der Waals surface area contributed by atoms with Crippen molar-refractivity contribution in [2.24, 2.45) is 0 Å². The number of carbonyl (C=O) groups excluding carboxylic acids is 1. The van der Waals surface area contributed by atoms with Gasteiger partial charge in [-0.2, -0.15) is 0 Å². The SMILES string of the molecule is O=C(O)CN(C(=O)c1c[nH]ccc1=O)c1ccc(Cl)cc1. The number of rotatable bonds is 4. The monoisotopic (exact) mass is 306 g/mol. The topological polar surface area (TPSA) is 90.5 Å². The summed E-state index contributed by atoms with van der Waals surface area (Å²) in [5.74, 6) is -1.88. The van der Waals surface area contributed by atoms with Crippen LogP contribution in [-0.4, -0.2) is 28.5 Å². The van der Waals surface area contributed by atoms with Gasteiger partial charge in [-0.15, -0.1) is 0 Å². The number of carbonyl (C=O) groups is 2. The van der Waals surface area contributed by atoms with E-state index in [-0.39, 0.29) is 5.56 Å². The van der Waals surface area contributed by atoms with Gasteiger partial charge in [0.2, 0.25) is 0 Å². The average molecular weight is 307 g/mol. The predicted molar refractivity (Wildman–Crippen MR) is 77.8 cm³/mol. The number of aliphatic carboxylic acids is 1. The van der Waals surface area contributed by atoms with Crippen molar-refractivity contribution in [2.45, 2.75) is 0 Å². The minimum atomic E-state index is -1.19. The standard InChI is InChI=1S/C14H11ClN2O4/c15-9-1-3-10(4-2-9)17(8-13(19)20)14(21)11-7-16-6-5-12(11)18/h1-7H,8H2,(H,16,18)(H,19,20). The Bertz CT molecular complexity index is 724. The van der Waals surface area contributed by atoms with Crippen molar-refractivity contribution in [3.8, 4) is 0 Å². The van der Waals surface area contributed by atoms with Gasteiger partial charge in [-0.3, -0.25) is 19.3 Å². The van der Waals surface area contributed by atoms with Gasteiger partial charge < -0.3 is 10.1 Å². The smallest absolute Gasteiger partial charge is 0.323 e. The molecule has 0 aliphatic rings. The molecule has 0 spiro atoms. The lowest BCUT2D eigenvalue weighted by molar-refractivity contribution is -0.135. The number of aromatic nitrogens is 1. The van der Waals surface area contributed by atoms with E-state index in [9.17, 15) is 14.4 Å². The number of halogens is 1. The molecule has 2 N–H and O–H groups in total. The summed E-state index contributed by atoms with van der Waals surface area (Å²) in [4.78, 5) is 38.7. The average Bonchev–Trinajstić information content (AvgIpc) is 2.45. The number of pyridine rings is 1. The van der Waals surface area contributed by atoms with Crippen LogP contribution >= 0.6 is 11.6 Å². The molecule has 0 atom stereocenters. The van der Waals surface area contributed by atoms with Gasteiger partial charge in [-0.1, -0.05) is 11.6 Å². The Morgan fingerprint density at radius 1 is 1.19 bits per heavy atom. The summed E-state index contributed by atoms with van der Waals surface area (Å²) in [6, 6.07) is 7.30. The number of benzene rings is 1. The van der Waals surface area contributed by atoms with E-state index in [0.717, 1.165) is 4.90 Å². The first-order valence-electron chi connectivity index (χ1n) is 5.95. The number of nitrogens with one attached hydrogen (secondary N) is 1. The molecule has 0 fully saturated rings. The molecule has 1 amide bonds. The van der Waals surface area contributed by atoms with Gasteiger partial charge in [0.05, 0.1) is 0 Å². The molecule has 7 heteroatoms. The lowest BCUT2D eigenvalue weighted by Crippen LogP contribution is -2.38. The molecule has 1 aromatic carbocycles. The zero-order chi connectivity index (χ0) is 15.4. The van der Waals surface area contributed by atoms with Gasteiger partial charge in [0, 0.05) is 29.2 Å². The Morgan fingerprint density at radius 2 is 1.86 bits per heavy atom. The second-order valence-electron chi connectivity index (χ2n) is 4.18. The maximum absolute atomic E-state index is 12.4. The first kappa shape index (κ1) is 14.8. The van der Waals surface area contributed by atoms with Crippen LogP contribution in [0, 0.1) is 0 Å². The summed E-state index contributed by atoms with van der Waals surface area (Å²) in [7, 11) is 0. The van der Waals surface area contributed by atoms with E-state index in [4.69, 9.17) is 16.7 Å². The largest absolute Gasteiger partial charge is 0.480 e. The van der Waals surface area contributed by atoms with E-state index in [1.54, 1.807) is 0 Å². The van der Waals surface area contributed by atoms with Crippen molar-refractivity contribution in [3.05, 3.63) is 63.5 Å². The highest BCUT2D eigenvalue weighted by Crippen LogP contribution is 2.19. The molecule has 1 heterocycles. The quantitative estimate of drug-likeness (QED) is 0.900. The number of amides is 1. The fourth-order valence-corrected chi connectivity index (χ4v) is 1.89. The van der Waals surface area contributed by atoms with E-state index in [2.05, 4.69) is 4.98 Å². The second-order valence-corrected chi connectivity index (χ2v) is 4.62. The molecule has 0 unspecified atom stereocenters. The Labute approximate surface area is 124 Å². The maximum Gasteiger partial charge on any atom is 0.323 e. The molecule has 0 bridgehead atoms. The molecule has 0 aliphatic heterocycles. The minimum Gasteiger partial charge on any atom is -0.480 e. The molecular weight excluding hydrogens is 296 g/mol. The molecule has 108 valence electrons. The van der Waals surface area contributed by atoms with Crippen molar-refractivity contribution in [1.29, 1.82) is 0 Å². The Balaban J connectivity index is 2.43. The highest BCUT2D eigenvalue weighted by molar-refractivity contribution is 6.30. The van der Waals surface area contributed by atoms with Crippen LogP contribution in [0.15, 0.2) is 47.5 Å². The van der Waals surface area contributed by atoms with Crippen LogP contribution in [0.1, 0.15) is 10.4 Å². The van der Waals surface area contributed by atoms with Gasteiger partial charge in [0.15, 0.2) is 5.43 Å². The highest BCUT2D eigenvalue weighted by atomic mass is 35.5. The number of aromatic amines is 1. The molecular formula is C14H11ClN2O4. The second kappa shape index (κ2) is 6.23. The van der Waals surface area contributed by atoms with E-state index >= 15 is 0 Å². The Kier molecular flexibility index (Phi) is 4.39. The third-order valence-electron chi connectivity index (χ3n) is 2.73. The summed E-state index contributed by atoms with van der Waals surface area (Å²) in [5, 5.41) is 9.42. The normalized spacial score (nSPS) is 10.1. The van der Waals surface area contributed by atoms with Crippen molar-refractivity contribution < 1.29 is 14.7 Å². The molecule has 2 rings (SSSR count). The van der Waals surface area contributed by atoms with Gasteiger partial charge >= 0.3 is 5.97 Å². The van der Waals surface area contributed by atoms with Crippen LogP contribution < -0.4 is 10.3 Å². The molecule has 21 heavy (non-hydrogen) atoms. The van der Waals surface area contributed by atoms with Crippen LogP contribution in [0.4, 0.5) is 5.69 Å². The number of hydrogen-bond donors (Lipinski definition) is 2. The zero-order valence-electron chi connectivity index (χ0n) is 10.7. The van der Waals surface area contributed by atoms with Gasteiger partial charge in [0.1, 0.15) is 12.1 Å². The molecule has 2 aromatic rings. The summed E-state index contributed by atoms with van der Waals surface area (Å²) in [6.45, 7) is -0.561. The van der Waals surface area contributed by atoms with Crippen molar-refractivity contribution in [2.75, 3.05) is 11.4 Å². The predicted octanol–water partition coefficient (Wildman–Crippen LogP) is 1.76. The number of hydrogen-bond acceptors (Lipinski definition) is 3. The summed E-state index contributed by atoms with van der Waals surface area (Å²) in [5.41, 5.74) is -0.271. The van der Waals surface area contributed by atoms with Crippen molar-refractivity contribution >= 4 is 29.2 Å². The van der Waals surface area contributed by atoms with Crippen LogP contribution in [0.2, 0.25) is 5.02 Å². The third-order valence-corrected chi connectivity index (χ3v) is 2.98. The Morgan fingerprint density at radius 3 is 2.43 bits per heavy atom. The van der Waals surface area contributed by atoms with E-state index in [1.165, 1.54) is 42.7 Å². The number of H-pyrrole nitrogens is 1. The summed E-state index contributed by atoms with van der Waals surface area (Å²) < 4.78 is 0. The van der Waals surface area contributed by atoms with Crippen LogP contribution in [-0.2, 0) is 4.79 Å². The first-order chi connectivity index (χ1) is 9.99. The molecule has 6 nitrogen and oxygen atoms in total. The van der Waals surface area contributed by atoms with Crippen molar-refractivity contribution in [1.82, 2.24) is 4.98 Å². The van der Waals surface area contributed by atoms with E-state index < -0.39 is 23.9 Å². The van der Waals surface area contributed by atoms with Crippen LogP contribution in [0.25, 0.3) is 0 Å². The molecule has 0 saturated heterocycles. The van der Waals surface area contributed by atoms with Crippen molar-refractivity contribution in [3.63, 3.8) is 0 Å². The highest BCUT2D eigenvalue weighted by Gasteiger charge is 2.22. The first-order valence-corrected chi connectivity index (χ1v) is 6.33. The third kappa shape index (κ3) is 3.49. The number of anilines is 1. The summed E-state index contributed by atoms with van der Waals surface area (Å²) in [6.07, 6.45) is 2.64. The van der Waals surface area contributed by atoms with Gasteiger partial charge in [-0.25, -0.2) is 0 Å². The number of carboxylic acid groups (broad SMARTS) is 1. The lowest BCUT2D eigenvalue weighted by atomic mass is 10.2. The lowest BCUT2D eigenvalue weighted by Gasteiger charge is -2.20. The maximum atomic E-state index is 12.4. The fourth-order valence-electron chi connectivity index (χ4n) is 1.77. The zero-order valence-corrected chi connectivity index (χ0v) is 11.5. The van der Waals surface area contributed by atoms with E-state index in [1.807, 2.05) is 0 Å². The molecule has 0 radical (unpaired) electrons. The number of carboxylic acids is 1. The van der Waals surface area contributed by atoms with Crippen LogP contribution in [0.5, 0.6) is 0 Å².